The fourth-order valence-corrected chi connectivity index (χ4v) is 3.27. The van der Waals surface area contributed by atoms with Crippen LogP contribution in [-0.2, 0) is 9.59 Å². The number of amidine groups is 1. The van der Waals surface area contributed by atoms with Crippen molar-refractivity contribution >= 4 is 46.1 Å². The van der Waals surface area contributed by atoms with Crippen molar-refractivity contribution in [2.75, 3.05) is 5.32 Å². The summed E-state index contributed by atoms with van der Waals surface area (Å²) in [6, 6.07) is 14.8. The molecule has 0 saturated carbocycles. The van der Waals surface area contributed by atoms with E-state index in [1.165, 1.54) is 36.0 Å². The van der Waals surface area contributed by atoms with E-state index in [4.69, 9.17) is 0 Å². The lowest BCUT2D eigenvalue weighted by Gasteiger charge is -2.08. The Kier molecular flexibility index (Phi) is 5.33. The van der Waals surface area contributed by atoms with E-state index >= 15 is 0 Å². The number of aliphatic imine (C=N–C) groups is 1. The third-order valence-electron chi connectivity index (χ3n) is 3.54. The van der Waals surface area contributed by atoms with Gasteiger partial charge in [0.2, 0.25) is 11.8 Å². The van der Waals surface area contributed by atoms with Crippen molar-refractivity contribution in [2.24, 2.45) is 4.99 Å². The number of amides is 2. The van der Waals surface area contributed by atoms with Crippen LogP contribution in [0.3, 0.4) is 0 Å². The summed E-state index contributed by atoms with van der Waals surface area (Å²) in [5, 5.41) is 15.9. The average molecular weight is 368 g/mol. The number of carboxylic acids is 1. The Bertz CT molecular complexity index is 866. The van der Waals surface area contributed by atoms with Gasteiger partial charge in [0, 0.05) is 12.1 Å². The van der Waals surface area contributed by atoms with Crippen molar-refractivity contribution in [1.82, 2.24) is 5.32 Å². The molecule has 1 atom stereocenters. The molecule has 7 nitrogen and oxygen atoms in total. The summed E-state index contributed by atoms with van der Waals surface area (Å²) in [7, 11) is 0. The van der Waals surface area contributed by atoms with E-state index < -0.39 is 11.2 Å². The lowest BCUT2D eigenvalue weighted by Crippen LogP contribution is -2.28. The van der Waals surface area contributed by atoms with Gasteiger partial charge in [0.15, 0.2) is 5.17 Å². The number of thioether (sulfide) groups is 1. The Labute approximate surface area is 153 Å². The van der Waals surface area contributed by atoms with Crippen LogP contribution >= 0.6 is 11.8 Å². The van der Waals surface area contributed by atoms with Crippen LogP contribution in [0.15, 0.2) is 59.6 Å². The second kappa shape index (κ2) is 7.83. The highest BCUT2D eigenvalue weighted by Gasteiger charge is 2.32. The number of carbonyl (C=O) groups excluding carboxylic acids is 3. The summed E-state index contributed by atoms with van der Waals surface area (Å²) >= 11 is 1.20. The monoisotopic (exact) mass is 368 g/mol. The van der Waals surface area contributed by atoms with Gasteiger partial charge in [-0.05, 0) is 29.8 Å². The predicted octanol–water partition coefficient (Wildman–Crippen LogP) is 1.30. The number of carbonyl (C=O) groups is 3. The van der Waals surface area contributed by atoms with Crippen LogP contribution in [0, 0.1) is 0 Å². The first-order chi connectivity index (χ1) is 12.5. The second-order valence-electron chi connectivity index (χ2n) is 5.47. The zero-order valence-electron chi connectivity index (χ0n) is 13.5. The summed E-state index contributed by atoms with van der Waals surface area (Å²) in [6.45, 7) is 0. The van der Waals surface area contributed by atoms with E-state index in [0.717, 1.165) is 0 Å². The zero-order valence-corrected chi connectivity index (χ0v) is 14.3. The van der Waals surface area contributed by atoms with Crippen LogP contribution < -0.4 is 15.7 Å². The van der Waals surface area contributed by atoms with E-state index in [0.29, 0.717) is 16.5 Å². The molecule has 0 aliphatic carbocycles. The molecular weight excluding hydrogens is 354 g/mol. The number of benzene rings is 2. The van der Waals surface area contributed by atoms with Gasteiger partial charge in [0.1, 0.15) is 5.25 Å². The number of rotatable bonds is 5. The summed E-state index contributed by atoms with van der Waals surface area (Å²) < 4.78 is 0. The molecule has 1 saturated heterocycles. The van der Waals surface area contributed by atoms with Crippen LogP contribution in [0.1, 0.15) is 16.8 Å². The first-order valence-electron chi connectivity index (χ1n) is 7.74. The van der Waals surface area contributed by atoms with Crippen LogP contribution in [0.5, 0.6) is 0 Å². The number of hydrogen-bond donors (Lipinski definition) is 2. The van der Waals surface area contributed by atoms with Crippen LogP contribution in [0.4, 0.5) is 11.4 Å². The lowest BCUT2D eigenvalue weighted by atomic mass is 10.2. The molecule has 1 aliphatic heterocycles. The molecule has 2 aromatic carbocycles. The van der Waals surface area contributed by atoms with E-state index in [2.05, 4.69) is 15.6 Å². The Morgan fingerprint density at radius 3 is 2.46 bits per heavy atom. The summed E-state index contributed by atoms with van der Waals surface area (Å²) in [5.41, 5.74) is 1.19. The average Bonchev–Trinajstić information content (AvgIpc) is 2.95. The maximum absolute atomic E-state index is 12.1. The lowest BCUT2D eigenvalue weighted by molar-refractivity contribution is -0.255. The van der Waals surface area contributed by atoms with Crippen molar-refractivity contribution < 1.29 is 19.5 Å². The molecule has 1 fully saturated rings. The summed E-state index contributed by atoms with van der Waals surface area (Å²) in [4.78, 5) is 39.2. The molecule has 0 aromatic heterocycles. The molecule has 3 rings (SSSR count). The zero-order chi connectivity index (χ0) is 18.5. The molecule has 2 N–H and O–H groups in total. The van der Waals surface area contributed by atoms with Crippen LogP contribution in [0.25, 0.3) is 0 Å². The SMILES string of the molecule is O=C(C[C@@H]1SC(=Nc2ccccc2)NC1=O)Nc1ccc(C(=O)[O-])cc1. The molecule has 26 heavy (non-hydrogen) atoms. The van der Waals surface area contributed by atoms with Crippen molar-refractivity contribution in [3.05, 3.63) is 60.2 Å². The number of para-hydroxylation sites is 1. The smallest absolute Gasteiger partial charge is 0.240 e. The third-order valence-corrected chi connectivity index (χ3v) is 4.62. The quantitative estimate of drug-likeness (QED) is 0.826. The molecule has 0 spiro atoms. The highest BCUT2D eigenvalue weighted by atomic mass is 32.2. The number of nitrogens with one attached hydrogen (secondary N) is 2. The fraction of sp³-hybridized carbons (Fsp3) is 0.111. The molecule has 0 radical (unpaired) electrons. The highest BCUT2D eigenvalue weighted by Crippen LogP contribution is 2.25. The predicted molar refractivity (Wildman–Crippen MR) is 97.1 cm³/mol. The summed E-state index contributed by atoms with van der Waals surface area (Å²) in [6.07, 6.45) is -0.0213. The highest BCUT2D eigenvalue weighted by molar-refractivity contribution is 8.15. The molecule has 0 unspecified atom stereocenters. The molecule has 1 aliphatic rings. The van der Waals surface area contributed by atoms with E-state index in [1.807, 2.05) is 30.3 Å². The molecule has 1 heterocycles. The van der Waals surface area contributed by atoms with Crippen molar-refractivity contribution in [3.63, 3.8) is 0 Å². The molecule has 2 amide bonds. The minimum Gasteiger partial charge on any atom is -0.545 e. The molecular formula is C18H14N3O4S-. The first kappa shape index (κ1) is 17.7. The maximum Gasteiger partial charge on any atom is 0.240 e. The molecule has 2 aromatic rings. The van der Waals surface area contributed by atoms with Gasteiger partial charge in [-0.3, -0.25) is 9.59 Å². The normalized spacial score (nSPS) is 17.8. The number of aromatic carboxylic acids is 1. The van der Waals surface area contributed by atoms with E-state index in [-0.39, 0.29) is 23.8 Å². The topological polar surface area (TPSA) is 111 Å². The van der Waals surface area contributed by atoms with Gasteiger partial charge < -0.3 is 20.5 Å². The minimum absolute atomic E-state index is 0.0213. The van der Waals surface area contributed by atoms with Crippen LogP contribution in [-0.4, -0.2) is 28.2 Å². The standard InChI is InChI=1S/C18H15N3O4S/c22-15(19-13-8-6-11(7-9-13)17(24)25)10-14-16(23)21-18(26-14)20-12-4-2-1-3-5-12/h1-9,14H,10H2,(H,19,22)(H,24,25)(H,20,21,23)/p-1/t14-/m0/s1. The third kappa shape index (κ3) is 4.48. The Balaban J connectivity index is 1.58. The number of anilines is 1. The van der Waals surface area contributed by atoms with Gasteiger partial charge >= 0.3 is 0 Å². The summed E-state index contributed by atoms with van der Waals surface area (Å²) in [5.74, 6) is -1.90. The van der Waals surface area contributed by atoms with Crippen LogP contribution in [0.2, 0.25) is 0 Å². The Morgan fingerprint density at radius 2 is 1.81 bits per heavy atom. The maximum atomic E-state index is 12.1. The first-order valence-corrected chi connectivity index (χ1v) is 8.62. The Hall–Kier alpha value is -3.13. The molecule has 132 valence electrons. The van der Waals surface area contributed by atoms with Gasteiger partial charge in [-0.25, -0.2) is 4.99 Å². The van der Waals surface area contributed by atoms with Crippen molar-refractivity contribution in [2.45, 2.75) is 11.7 Å². The molecule has 0 bridgehead atoms. The van der Waals surface area contributed by atoms with Crippen molar-refractivity contribution in [3.8, 4) is 0 Å². The van der Waals surface area contributed by atoms with Gasteiger partial charge in [-0.2, -0.15) is 0 Å². The largest absolute Gasteiger partial charge is 0.545 e. The molecule has 8 heteroatoms. The van der Waals surface area contributed by atoms with Gasteiger partial charge in [-0.1, -0.05) is 42.1 Å². The van der Waals surface area contributed by atoms with Gasteiger partial charge in [0.25, 0.3) is 0 Å². The van der Waals surface area contributed by atoms with Gasteiger partial charge in [-0.15, -0.1) is 0 Å². The number of carboxylic acid groups (broad SMARTS) is 1. The Morgan fingerprint density at radius 1 is 1.12 bits per heavy atom. The minimum atomic E-state index is -1.29. The number of hydrogen-bond acceptors (Lipinski definition) is 6. The van der Waals surface area contributed by atoms with E-state index in [9.17, 15) is 19.5 Å². The van der Waals surface area contributed by atoms with Gasteiger partial charge in [0.05, 0.1) is 11.7 Å². The second-order valence-corrected chi connectivity index (χ2v) is 6.66. The van der Waals surface area contributed by atoms with E-state index in [1.54, 1.807) is 0 Å². The fourth-order valence-electron chi connectivity index (χ4n) is 2.28. The number of nitrogens with zero attached hydrogens (tertiary/aromatic N) is 1. The van der Waals surface area contributed by atoms with Crippen molar-refractivity contribution in [1.29, 1.82) is 0 Å².